The molecule has 0 fully saturated rings. The minimum atomic E-state index is -1.49. The maximum absolute atomic E-state index is 6.08. The fraction of sp³-hybridized carbons (Fsp3) is 0.250. The molecule has 0 spiro atoms. The first kappa shape index (κ1) is 16.8. The second kappa shape index (κ2) is 6.98. The topological polar surface area (TPSA) is 0 Å². The van der Waals surface area contributed by atoms with Crippen LogP contribution in [0, 0.1) is 27.7 Å². The molecule has 100 valence electrons. The van der Waals surface area contributed by atoms with E-state index in [0.717, 1.165) is 0 Å². The van der Waals surface area contributed by atoms with Gasteiger partial charge >= 0.3 is 138 Å². The van der Waals surface area contributed by atoms with Crippen molar-refractivity contribution >= 4 is 36.6 Å². The second-order valence-electron chi connectivity index (χ2n) is 4.90. The van der Waals surface area contributed by atoms with Gasteiger partial charge in [-0.25, -0.2) is 0 Å². The van der Waals surface area contributed by atoms with E-state index >= 15 is 0 Å². The van der Waals surface area contributed by atoms with Gasteiger partial charge < -0.3 is 0 Å². The van der Waals surface area contributed by atoms with Crippen LogP contribution in [0.15, 0.2) is 36.4 Å². The van der Waals surface area contributed by atoms with Gasteiger partial charge in [-0.3, -0.25) is 0 Å². The molecule has 0 aliphatic rings. The van der Waals surface area contributed by atoms with Gasteiger partial charge in [-0.1, -0.05) is 0 Å². The molecule has 0 amide bonds. The molecular weight excluding hydrogens is 291 g/mol. The van der Waals surface area contributed by atoms with Crippen molar-refractivity contribution in [3.05, 3.63) is 58.7 Å². The van der Waals surface area contributed by atoms with Crippen molar-refractivity contribution in [1.82, 2.24) is 0 Å². The summed E-state index contributed by atoms with van der Waals surface area (Å²) in [6, 6.07) is 13.0. The number of hydrogen-bond donors (Lipinski definition) is 0. The molecule has 0 aliphatic carbocycles. The Labute approximate surface area is 138 Å². The van der Waals surface area contributed by atoms with Crippen LogP contribution in [0.4, 0.5) is 0 Å². The summed E-state index contributed by atoms with van der Waals surface area (Å²) in [5.41, 5.74) is 5.44. The van der Waals surface area contributed by atoms with Crippen LogP contribution in [0.1, 0.15) is 22.3 Å². The number of rotatable bonds is 2. The van der Waals surface area contributed by atoms with E-state index in [1.807, 2.05) is 0 Å². The SMILES string of the molecule is Cc1cccc([SiH]([Cu])c2cccc(C)c2C)c1C.[LiH]. The van der Waals surface area contributed by atoms with Gasteiger partial charge in [0.05, 0.1) is 0 Å². The molecule has 0 nitrogen and oxygen atoms in total. The van der Waals surface area contributed by atoms with Crippen LogP contribution in [0.5, 0.6) is 0 Å². The third kappa shape index (κ3) is 3.46. The first-order chi connectivity index (χ1) is 8.52. The second-order valence-corrected chi connectivity index (χ2v) is 8.41. The van der Waals surface area contributed by atoms with Gasteiger partial charge in [-0.15, -0.1) is 0 Å². The Bertz CT molecular complexity index is 529. The molecule has 0 atom stereocenters. The third-order valence-electron chi connectivity index (χ3n) is 3.79. The standard InChI is InChI=1S/C16H19Si.Cu.Li.H/c1-11-7-5-9-15(13(11)3)17-16-10-6-8-12(2)14(16)4;;;/h5-10,17H,1-4H3;;;. The van der Waals surface area contributed by atoms with Gasteiger partial charge in [-0.05, 0) is 0 Å². The molecule has 2 aromatic carbocycles. The monoisotopic (exact) mass is 310 g/mol. The first-order valence-corrected chi connectivity index (χ1v) is 9.37. The van der Waals surface area contributed by atoms with E-state index in [9.17, 15) is 0 Å². The molecule has 0 unspecified atom stereocenters. The van der Waals surface area contributed by atoms with Crippen LogP contribution in [0.2, 0.25) is 0 Å². The summed E-state index contributed by atoms with van der Waals surface area (Å²) in [4.78, 5) is 0. The van der Waals surface area contributed by atoms with Gasteiger partial charge in [0.15, 0.2) is 0 Å². The Morgan fingerprint density at radius 3 is 1.47 bits per heavy atom. The Kier molecular flexibility index (Phi) is 6.18. The van der Waals surface area contributed by atoms with Crippen LogP contribution in [-0.2, 0) is 15.4 Å². The fourth-order valence-corrected chi connectivity index (χ4v) is 6.00. The van der Waals surface area contributed by atoms with Crippen molar-refractivity contribution in [2.45, 2.75) is 27.7 Å². The molecule has 19 heavy (non-hydrogen) atoms. The summed E-state index contributed by atoms with van der Waals surface area (Å²) in [5, 5.41) is 2.78. The minimum absolute atomic E-state index is 0. The molecule has 0 aliphatic heterocycles. The molecule has 3 heteroatoms. The van der Waals surface area contributed by atoms with Crippen LogP contribution in [0.25, 0.3) is 0 Å². The van der Waals surface area contributed by atoms with E-state index in [0.29, 0.717) is 0 Å². The Morgan fingerprint density at radius 1 is 0.737 bits per heavy atom. The van der Waals surface area contributed by atoms with Gasteiger partial charge in [-0.2, -0.15) is 0 Å². The van der Waals surface area contributed by atoms with Gasteiger partial charge in [0, 0.05) is 0 Å². The van der Waals surface area contributed by atoms with E-state index in [-0.39, 0.29) is 18.9 Å². The summed E-state index contributed by atoms with van der Waals surface area (Å²) < 4.78 is 0. The molecule has 2 aromatic rings. The molecule has 0 saturated carbocycles. The van der Waals surface area contributed by atoms with Crippen LogP contribution < -0.4 is 10.4 Å². The Balaban J connectivity index is 0.00000180. The summed E-state index contributed by atoms with van der Waals surface area (Å²) in [6.07, 6.45) is 0. The molecule has 0 aromatic heterocycles. The van der Waals surface area contributed by atoms with E-state index in [1.165, 1.54) is 32.6 Å². The molecule has 2 rings (SSSR count). The van der Waals surface area contributed by atoms with Crippen LogP contribution in [-0.4, -0.2) is 26.3 Å². The summed E-state index contributed by atoms with van der Waals surface area (Å²) >= 11 is 6.08. The number of benzene rings is 2. The molecule has 0 radical (unpaired) electrons. The maximum atomic E-state index is 6.08. The normalized spacial score (nSPS) is 10.5. The zero-order valence-corrected chi connectivity index (χ0v) is 13.4. The first-order valence-electron chi connectivity index (χ1n) is 6.24. The molecular formula is C16H20CuLiSi. The van der Waals surface area contributed by atoms with Crippen molar-refractivity contribution in [1.29, 1.82) is 0 Å². The van der Waals surface area contributed by atoms with Gasteiger partial charge in [0.2, 0.25) is 0 Å². The van der Waals surface area contributed by atoms with Crippen LogP contribution in [0.3, 0.4) is 0 Å². The zero-order chi connectivity index (χ0) is 13.3. The van der Waals surface area contributed by atoms with Crippen molar-refractivity contribution in [2.75, 3.05) is 0 Å². The Morgan fingerprint density at radius 2 is 1.11 bits per heavy atom. The molecule has 0 N–H and O–H groups in total. The molecule has 0 heterocycles. The summed E-state index contributed by atoms with van der Waals surface area (Å²) in [6.45, 7) is 8.71. The number of hydrogen-bond acceptors (Lipinski definition) is 0. The van der Waals surface area contributed by atoms with E-state index < -0.39 is 7.40 Å². The molecule has 0 saturated heterocycles. The third-order valence-corrected chi connectivity index (χ3v) is 7.80. The summed E-state index contributed by atoms with van der Waals surface area (Å²) in [7, 11) is -1.49. The molecule has 0 bridgehead atoms. The van der Waals surface area contributed by atoms with Crippen molar-refractivity contribution in [3.8, 4) is 0 Å². The van der Waals surface area contributed by atoms with E-state index in [4.69, 9.17) is 15.4 Å². The van der Waals surface area contributed by atoms with E-state index in [2.05, 4.69) is 64.1 Å². The van der Waals surface area contributed by atoms with Crippen LogP contribution >= 0.6 is 0 Å². The average Bonchev–Trinajstić information content (AvgIpc) is 2.35. The van der Waals surface area contributed by atoms with Crippen molar-refractivity contribution in [2.24, 2.45) is 0 Å². The van der Waals surface area contributed by atoms with Gasteiger partial charge in [0.25, 0.3) is 0 Å². The number of aryl methyl sites for hydroxylation is 2. The Hall–Kier alpha value is -0.226. The quantitative estimate of drug-likeness (QED) is 0.740. The van der Waals surface area contributed by atoms with Crippen molar-refractivity contribution < 1.29 is 15.4 Å². The van der Waals surface area contributed by atoms with E-state index in [1.54, 1.807) is 0 Å². The zero-order valence-electron chi connectivity index (χ0n) is 11.3. The predicted molar refractivity (Wildman–Crippen MR) is 85.4 cm³/mol. The fourth-order valence-electron chi connectivity index (χ4n) is 2.22. The summed E-state index contributed by atoms with van der Waals surface area (Å²) in [5.74, 6) is 0. The van der Waals surface area contributed by atoms with Crippen molar-refractivity contribution in [3.63, 3.8) is 0 Å². The van der Waals surface area contributed by atoms with Gasteiger partial charge in [0.1, 0.15) is 0 Å². The average molecular weight is 311 g/mol. The predicted octanol–water partition coefficient (Wildman–Crippen LogP) is 1.66.